The van der Waals surface area contributed by atoms with Gasteiger partial charge in [0.25, 0.3) is 5.91 Å². The highest BCUT2D eigenvalue weighted by atomic mass is 19.4. The molecule has 180 valence electrons. The fourth-order valence-corrected chi connectivity index (χ4v) is 3.89. The molecule has 3 aromatic rings. The predicted octanol–water partition coefficient (Wildman–Crippen LogP) is 5.28. The normalized spacial score (nSPS) is 15.6. The average molecular weight is 483 g/mol. The van der Waals surface area contributed by atoms with Gasteiger partial charge in [-0.05, 0) is 44.0 Å². The van der Waals surface area contributed by atoms with Crippen molar-refractivity contribution in [3.63, 3.8) is 0 Å². The molecule has 12 heteroatoms. The van der Waals surface area contributed by atoms with Gasteiger partial charge < -0.3 is 9.88 Å². The summed E-state index contributed by atoms with van der Waals surface area (Å²) in [7, 11) is 0. The molecular weight excluding hydrogens is 464 g/mol. The molecule has 1 amide bonds. The highest BCUT2D eigenvalue weighted by Crippen LogP contribution is 2.36. The molecule has 4 rings (SSSR count). The number of rotatable bonds is 3. The number of nitrogens with one attached hydrogen (secondary N) is 1. The first kappa shape index (κ1) is 23.7. The van der Waals surface area contributed by atoms with Gasteiger partial charge in [0.15, 0.2) is 5.82 Å². The van der Waals surface area contributed by atoms with Gasteiger partial charge in [-0.15, -0.1) is 10.2 Å². The van der Waals surface area contributed by atoms with E-state index in [2.05, 4.69) is 20.2 Å². The predicted molar refractivity (Wildman–Crippen MR) is 109 cm³/mol. The number of carbonyl (C=O) groups is 1. The molecule has 0 unspecified atom stereocenters. The first-order valence-corrected chi connectivity index (χ1v) is 10.4. The Balaban J connectivity index is 1.73. The summed E-state index contributed by atoms with van der Waals surface area (Å²) in [6.45, 7) is 1.46. The number of carbonyl (C=O) groups excluding carboxylic acids is 1. The first-order valence-electron chi connectivity index (χ1n) is 10.4. The van der Waals surface area contributed by atoms with Crippen molar-refractivity contribution in [3.05, 3.63) is 53.5 Å². The fourth-order valence-electron chi connectivity index (χ4n) is 3.89. The smallest absolute Gasteiger partial charge is 0.339 e. The lowest BCUT2D eigenvalue weighted by atomic mass is 9.94. The van der Waals surface area contributed by atoms with E-state index in [9.17, 15) is 31.1 Å². The van der Waals surface area contributed by atoms with Gasteiger partial charge in [0.2, 0.25) is 0 Å². The van der Waals surface area contributed by atoms with Crippen molar-refractivity contribution in [2.24, 2.45) is 5.92 Å². The lowest BCUT2D eigenvalue weighted by Gasteiger charge is -2.33. The van der Waals surface area contributed by atoms with E-state index in [1.807, 2.05) is 0 Å². The van der Waals surface area contributed by atoms with Gasteiger partial charge in [-0.1, -0.05) is 12.1 Å². The number of H-pyrrole nitrogens is 1. The molecular formula is C22H19F6N5O. The van der Waals surface area contributed by atoms with Crippen LogP contribution in [0.5, 0.6) is 0 Å². The average Bonchev–Trinajstić information content (AvgIpc) is 3.23. The molecule has 2 aromatic heterocycles. The first-order chi connectivity index (χ1) is 15.9. The molecule has 0 saturated carbocycles. The Labute approximate surface area is 190 Å². The maximum absolute atomic E-state index is 13.3. The summed E-state index contributed by atoms with van der Waals surface area (Å²) in [4.78, 5) is 21.1. The number of aromatic amines is 1. The number of hydrogen-bond acceptors (Lipinski definition) is 4. The molecule has 0 radical (unpaired) electrons. The molecule has 0 spiro atoms. The number of nitrogens with zero attached hydrogens (tertiary/aromatic N) is 4. The summed E-state index contributed by atoms with van der Waals surface area (Å²) in [6, 6.07) is 7.77. The second-order valence-corrected chi connectivity index (χ2v) is 8.03. The number of pyridine rings is 1. The topological polar surface area (TPSA) is 74.8 Å². The van der Waals surface area contributed by atoms with Gasteiger partial charge >= 0.3 is 12.4 Å². The van der Waals surface area contributed by atoms with Crippen LogP contribution in [0.4, 0.5) is 26.3 Å². The van der Waals surface area contributed by atoms with Crippen molar-refractivity contribution in [1.82, 2.24) is 25.1 Å². The molecule has 1 N–H and O–H groups in total. The molecule has 1 fully saturated rings. The third-order valence-electron chi connectivity index (χ3n) is 5.68. The Morgan fingerprint density at radius 1 is 1.03 bits per heavy atom. The lowest BCUT2D eigenvalue weighted by molar-refractivity contribution is -0.183. The Morgan fingerprint density at radius 2 is 1.74 bits per heavy atom. The Bertz CT molecular complexity index is 1190. The monoisotopic (exact) mass is 483 g/mol. The van der Waals surface area contributed by atoms with Crippen LogP contribution in [0.2, 0.25) is 0 Å². The van der Waals surface area contributed by atoms with E-state index in [0.717, 1.165) is 6.07 Å². The summed E-state index contributed by atoms with van der Waals surface area (Å²) in [5.74, 6) is -1.20. The summed E-state index contributed by atoms with van der Waals surface area (Å²) in [5, 5.41) is 7.83. The molecule has 3 heterocycles. The number of likely N-dealkylation sites (tertiary alicyclic amines) is 1. The summed E-state index contributed by atoms with van der Waals surface area (Å²) in [6.07, 6.45) is -9.50. The third-order valence-corrected chi connectivity index (χ3v) is 5.68. The number of benzene rings is 1. The van der Waals surface area contributed by atoms with E-state index in [4.69, 9.17) is 0 Å². The molecule has 34 heavy (non-hydrogen) atoms. The number of aromatic nitrogens is 4. The minimum atomic E-state index is -4.70. The molecule has 1 aromatic carbocycles. The van der Waals surface area contributed by atoms with E-state index < -0.39 is 29.9 Å². The number of halogens is 6. The van der Waals surface area contributed by atoms with Gasteiger partial charge in [0.1, 0.15) is 11.5 Å². The number of amides is 1. The zero-order valence-corrected chi connectivity index (χ0v) is 17.8. The molecule has 0 bridgehead atoms. The van der Waals surface area contributed by atoms with Crippen LogP contribution in [0.3, 0.4) is 0 Å². The van der Waals surface area contributed by atoms with Crippen LogP contribution in [-0.2, 0) is 6.18 Å². The van der Waals surface area contributed by atoms with Gasteiger partial charge in [-0.25, -0.2) is 4.98 Å². The second-order valence-electron chi connectivity index (χ2n) is 8.03. The number of aryl methyl sites for hydroxylation is 1. The van der Waals surface area contributed by atoms with Gasteiger partial charge in [-0.2, -0.15) is 26.3 Å². The molecule has 0 atom stereocenters. The number of piperidine rings is 1. The number of hydrogen-bond donors (Lipinski definition) is 1. The van der Waals surface area contributed by atoms with Crippen molar-refractivity contribution in [2.45, 2.75) is 32.1 Å². The standard InChI is InChI=1S/C22H19F6N5O/c1-12-29-19(32-31-12)13-5-6-15(20(34)33-9-7-14(8-10-33)21(23,24)25)16(11-13)17-3-2-4-18(30-17)22(26,27)28/h2-6,11,14H,7-10H2,1H3,(H,29,31,32). The zero-order valence-electron chi connectivity index (χ0n) is 17.8. The minimum absolute atomic E-state index is 0.0391. The Kier molecular flexibility index (Phi) is 6.09. The van der Waals surface area contributed by atoms with E-state index in [1.165, 1.54) is 29.2 Å². The summed E-state index contributed by atoms with van der Waals surface area (Å²) >= 11 is 0. The van der Waals surface area contributed by atoms with Crippen molar-refractivity contribution in [1.29, 1.82) is 0 Å². The second kappa shape index (κ2) is 8.73. The zero-order chi connectivity index (χ0) is 24.7. The number of alkyl halides is 6. The lowest BCUT2D eigenvalue weighted by Crippen LogP contribution is -2.42. The van der Waals surface area contributed by atoms with E-state index in [0.29, 0.717) is 17.2 Å². The summed E-state index contributed by atoms with van der Waals surface area (Å²) < 4.78 is 78.8. The summed E-state index contributed by atoms with van der Waals surface area (Å²) in [5.41, 5.74) is -0.614. The van der Waals surface area contributed by atoms with Crippen molar-refractivity contribution >= 4 is 5.91 Å². The van der Waals surface area contributed by atoms with Crippen LogP contribution >= 0.6 is 0 Å². The maximum Gasteiger partial charge on any atom is 0.433 e. The third kappa shape index (κ3) is 4.90. The van der Waals surface area contributed by atoms with Gasteiger partial charge in [0, 0.05) is 29.8 Å². The Hall–Kier alpha value is -3.44. The van der Waals surface area contributed by atoms with E-state index in [1.54, 1.807) is 13.0 Å². The van der Waals surface area contributed by atoms with Crippen LogP contribution in [0, 0.1) is 12.8 Å². The van der Waals surface area contributed by atoms with Crippen molar-refractivity contribution in [2.75, 3.05) is 13.1 Å². The molecule has 6 nitrogen and oxygen atoms in total. The molecule has 0 aliphatic carbocycles. The SMILES string of the molecule is Cc1nnc(-c2ccc(C(=O)N3CCC(C(F)(F)F)CC3)c(-c3cccc(C(F)(F)F)n3)c2)[nH]1. The quantitative estimate of drug-likeness (QED) is 0.515. The van der Waals surface area contributed by atoms with Gasteiger partial charge in [0.05, 0.1) is 11.6 Å². The van der Waals surface area contributed by atoms with Crippen LogP contribution in [0.1, 0.15) is 34.7 Å². The highest BCUT2D eigenvalue weighted by Gasteiger charge is 2.42. The highest BCUT2D eigenvalue weighted by molar-refractivity contribution is 6.01. The van der Waals surface area contributed by atoms with Crippen LogP contribution < -0.4 is 0 Å². The molecule has 1 aliphatic rings. The van der Waals surface area contributed by atoms with E-state index in [-0.39, 0.29) is 42.8 Å². The van der Waals surface area contributed by atoms with Crippen LogP contribution in [0.15, 0.2) is 36.4 Å². The molecule has 1 aliphatic heterocycles. The van der Waals surface area contributed by atoms with Crippen LogP contribution in [-0.4, -0.2) is 50.2 Å². The minimum Gasteiger partial charge on any atom is -0.339 e. The largest absolute Gasteiger partial charge is 0.433 e. The van der Waals surface area contributed by atoms with Crippen molar-refractivity contribution < 1.29 is 31.1 Å². The Morgan fingerprint density at radius 3 is 2.32 bits per heavy atom. The van der Waals surface area contributed by atoms with Crippen molar-refractivity contribution in [3.8, 4) is 22.6 Å². The van der Waals surface area contributed by atoms with Crippen LogP contribution in [0.25, 0.3) is 22.6 Å². The molecule has 1 saturated heterocycles. The van der Waals surface area contributed by atoms with Gasteiger partial charge in [-0.3, -0.25) is 4.79 Å². The fraction of sp³-hybridized carbons (Fsp3) is 0.364. The maximum atomic E-state index is 13.3. The van der Waals surface area contributed by atoms with E-state index >= 15 is 0 Å².